The van der Waals surface area contributed by atoms with E-state index in [-0.39, 0.29) is 30.2 Å². The number of rotatable bonds is 18. The van der Waals surface area contributed by atoms with Gasteiger partial charge in [-0.15, -0.1) is 0 Å². The molecule has 0 aliphatic carbocycles. The number of esters is 1. The summed E-state index contributed by atoms with van der Waals surface area (Å²) in [5.41, 5.74) is 9.89. The number of aromatic nitrogens is 15. The topological polar surface area (TPSA) is 356 Å². The molecule has 13 rings (SSSR count). The number of aliphatic hydroxyl groups excluding tert-OH is 1. The highest BCUT2D eigenvalue weighted by molar-refractivity contribution is 5.99. The second kappa shape index (κ2) is 29.3. The third-order valence-electron chi connectivity index (χ3n) is 17.6. The van der Waals surface area contributed by atoms with Gasteiger partial charge >= 0.3 is 11.9 Å². The summed E-state index contributed by atoms with van der Waals surface area (Å²) in [5.74, 6) is 1.09. The van der Waals surface area contributed by atoms with Crippen LogP contribution in [-0.2, 0) is 59.9 Å². The summed E-state index contributed by atoms with van der Waals surface area (Å²) in [7, 11) is 5.47. The molecule has 526 valence electrons. The Balaban J connectivity index is 0.000000154. The van der Waals surface area contributed by atoms with E-state index in [1.54, 1.807) is 80.9 Å². The zero-order valence-corrected chi connectivity index (χ0v) is 58.5. The Labute approximate surface area is 582 Å². The predicted molar refractivity (Wildman–Crippen MR) is 374 cm³/mol. The summed E-state index contributed by atoms with van der Waals surface area (Å²) >= 11 is 0. The van der Waals surface area contributed by atoms with Crippen molar-refractivity contribution >= 4 is 70.9 Å². The fourth-order valence-corrected chi connectivity index (χ4v) is 11.9. The van der Waals surface area contributed by atoms with Crippen molar-refractivity contribution < 1.29 is 43.7 Å². The van der Waals surface area contributed by atoms with Gasteiger partial charge in [0.25, 0.3) is 17.7 Å². The molecule has 0 spiro atoms. The number of aryl methyl sites for hydroxylation is 7. The molecule has 0 radical (unpaired) electrons. The average Bonchev–Trinajstić information content (AvgIpc) is 1.66. The zero-order valence-electron chi connectivity index (χ0n) is 58.5. The van der Waals surface area contributed by atoms with Gasteiger partial charge in [-0.3, -0.25) is 33.2 Å². The van der Waals surface area contributed by atoms with Crippen LogP contribution in [0.15, 0.2) is 116 Å². The van der Waals surface area contributed by atoms with E-state index in [4.69, 9.17) is 9.72 Å². The predicted octanol–water partition coefficient (Wildman–Crippen LogP) is 7.31. The summed E-state index contributed by atoms with van der Waals surface area (Å²) in [6.45, 7) is 20.7. The number of fused-ring (bicyclic) bond motifs is 3. The largest absolute Gasteiger partial charge is 0.480 e. The van der Waals surface area contributed by atoms with Gasteiger partial charge in [-0.25, -0.2) is 39.5 Å². The van der Waals surface area contributed by atoms with E-state index in [0.717, 1.165) is 67.7 Å². The van der Waals surface area contributed by atoms with E-state index >= 15 is 0 Å². The van der Waals surface area contributed by atoms with Gasteiger partial charge < -0.3 is 64.6 Å². The molecule has 9 aromatic heterocycles. The van der Waals surface area contributed by atoms with Gasteiger partial charge in [0.05, 0.1) is 48.3 Å². The van der Waals surface area contributed by atoms with Crippen LogP contribution in [0.25, 0.3) is 33.8 Å². The Kier molecular flexibility index (Phi) is 20.4. The molecular weight excluding hydrogens is 1290 g/mol. The van der Waals surface area contributed by atoms with Crippen molar-refractivity contribution in [3.63, 3.8) is 0 Å². The van der Waals surface area contributed by atoms with Gasteiger partial charge in [0, 0.05) is 132 Å². The second-order valence-corrected chi connectivity index (χ2v) is 26.0. The molecule has 6 N–H and O–H groups in total. The minimum atomic E-state index is -1.02. The molecule has 4 atom stereocenters. The standard InChI is InChI=1S/C28H32N8O3.C23H29N7O3.C19H21N7O3/c1-17-6-5-7-20(12-17)22(16-37)31-26(38)19(3)36-11-10-35-15-21(13-23(35)27(36)39)25-18(2)14-29-28(33-25)32-24-8-9-30-34(24)4;1-14-12-24-22(26-18-7-8-25-28(18)6)27-19(14)16-11-17-20(31)30(10-9-29(17)13-16)15(2)21(32)33-23(3,4)5;1-11-9-20-19(22-15-4-5-21-24(15)3)23-16(11)13-8-14-17(27)26(12(2)18(28)29)7-6-25(14)10-13/h5-9,12-15,19,22,37H,10-11,16H2,1-4H3,(H,31,38)(H,29,32,33);7-8,11-13,15H,9-10H2,1-6H3,(H,24,26,27);4-5,8-10,12H,6-7H2,1-3H3,(H,28,29)(H,20,22,23)/t19-,22+;;/m0../s1. The molecule has 0 saturated carbocycles. The third-order valence-corrected chi connectivity index (χ3v) is 17.6. The highest BCUT2D eigenvalue weighted by atomic mass is 16.6. The van der Waals surface area contributed by atoms with Gasteiger partial charge in [0.1, 0.15) is 58.3 Å². The third kappa shape index (κ3) is 15.5. The Hall–Kier alpha value is -11.9. The van der Waals surface area contributed by atoms with Crippen molar-refractivity contribution in [2.75, 3.05) is 42.2 Å². The number of hydrogen-bond donors (Lipinski definition) is 6. The number of carbonyl (C=O) groups is 6. The maximum Gasteiger partial charge on any atom is 0.329 e. The molecule has 12 heterocycles. The Morgan fingerprint density at radius 3 is 1.25 bits per heavy atom. The number of ether oxygens (including phenoxy) is 1. The van der Waals surface area contributed by atoms with Crippen molar-refractivity contribution in [2.24, 2.45) is 21.1 Å². The van der Waals surface area contributed by atoms with Gasteiger partial charge in [0.15, 0.2) is 0 Å². The lowest BCUT2D eigenvalue weighted by Gasteiger charge is -2.33. The number of anilines is 6. The number of aliphatic hydroxyl groups is 1. The summed E-state index contributed by atoms with van der Waals surface area (Å²) in [5, 5.41) is 43.9. The Morgan fingerprint density at radius 2 is 0.911 bits per heavy atom. The Bertz CT molecular complexity index is 4760. The number of hydrogen-bond acceptors (Lipinski definition) is 20. The lowest BCUT2D eigenvalue weighted by Crippen LogP contribution is -2.52. The lowest BCUT2D eigenvalue weighted by molar-refractivity contribution is -0.160. The molecule has 101 heavy (non-hydrogen) atoms. The molecule has 0 bridgehead atoms. The molecular formula is C70H82N22O9. The maximum absolute atomic E-state index is 13.5. The quantitative estimate of drug-likeness (QED) is 0.0458. The highest BCUT2D eigenvalue weighted by Crippen LogP contribution is 2.33. The first-order valence-electron chi connectivity index (χ1n) is 32.9. The zero-order chi connectivity index (χ0) is 72.3. The molecule has 3 aliphatic rings. The van der Waals surface area contributed by atoms with Crippen LogP contribution in [0.4, 0.5) is 35.3 Å². The average molecular weight is 1380 g/mol. The molecule has 1 aromatic carbocycles. The smallest absolute Gasteiger partial charge is 0.329 e. The van der Waals surface area contributed by atoms with Crippen LogP contribution in [-0.4, -0.2) is 183 Å². The van der Waals surface area contributed by atoms with Crippen molar-refractivity contribution in [3.05, 3.63) is 161 Å². The van der Waals surface area contributed by atoms with Crippen molar-refractivity contribution in [1.82, 2.24) is 93.0 Å². The summed E-state index contributed by atoms with van der Waals surface area (Å²) in [4.78, 5) is 108. The van der Waals surface area contributed by atoms with Crippen LogP contribution < -0.4 is 21.3 Å². The van der Waals surface area contributed by atoms with E-state index in [1.165, 1.54) is 11.8 Å². The van der Waals surface area contributed by atoms with E-state index in [1.807, 2.05) is 156 Å². The summed E-state index contributed by atoms with van der Waals surface area (Å²) in [6, 6.07) is 15.7. The SMILES string of the molecule is Cc1cccc([C@@H](CO)NC(=O)[C@H](C)N2CCn3cc(-c4nc(Nc5ccnn5C)ncc4C)cc3C2=O)c1.Cc1cnc(Nc2ccnn2C)nc1-c1cc2n(c1)CCN(C(C)C(=O)O)C2=O.Cc1cnc(Nc2ccnn2C)nc1-c1cc2n(c1)CCN(C(C)C(=O)OC(C)(C)C)C2=O. The molecule has 31 nitrogen and oxygen atoms in total. The lowest BCUT2D eigenvalue weighted by atomic mass is 10.0. The van der Waals surface area contributed by atoms with Crippen molar-refractivity contribution in [3.8, 4) is 33.8 Å². The number of carbonyl (C=O) groups excluding carboxylic acids is 5. The number of amides is 4. The molecule has 3 aliphatic heterocycles. The number of carboxylic acids is 1. The first-order chi connectivity index (χ1) is 48.1. The molecule has 10 aromatic rings. The van der Waals surface area contributed by atoms with Crippen LogP contribution in [0.1, 0.15) is 107 Å². The number of aliphatic carboxylic acids is 1. The van der Waals surface area contributed by atoms with E-state index in [0.29, 0.717) is 85.6 Å². The number of benzene rings is 1. The number of nitrogens with one attached hydrogen (secondary N) is 4. The fraction of sp³-hybridized carbons (Fsp3) is 0.357. The summed E-state index contributed by atoms with van der Waals surface area (Å²) in [6.07, 6.45) is 16.0. The number of carboxylic acid groups (broad SMARTS) is 1. The fourth-order valence-electron chi connectivity index (χ4n) is 11.9. The molecule has 0 saturated heterocycles. The number of nitrogens with zero attached hydrogens (tertiary/aromatic N) is 18. The van der Waals surface area contributed by atoms with Crippen LogP contribution in [0.5, 0.6) is 0 Å². The Morgan fingerprint density at radius 1 is 0.535 bits per heavy atom. The van der Waals surface area contributed by atoms with E-state index in [9.17, 15) is 39.0 Å². The first-order valence-corrected chi connectivity index (χ1v) is 32.9. The first kappa shape index (κ1) is 70.4. The van der Waals surface area contributed by atoms with Gasteiger partial charge in [-0.2, -0.15) is 15.3 Å². The molecule has 31 heteroatoms. The van der Waals surface area contributed by atoms with E-state index < -0.39 is 41.7 Å². The van der Waals surface area contributed by atoms with Gasteiger partial charge in [0.2, 0.25) is 23.8 Å². The highest BCUT2D eigenvalue weighted by Gasteiger charge is 2.37. The minimum Gasteiger partial charge on any atom is -0.480 e. The minimum absolute atomic E-state index is 0.203. The normalized spacial score (nSPS) is 14.6. The second-order valence-electron chi connectivity index (χ2n) is 26.0. The molecule has 2 unspecified atom stereocenters. The maximum atomic E-state index is 13.5. The van der Waals surface area contributed by atoms with Crippen LogP contribution in [0, 0.1) is 27.7 Å². The molecule has 4 amide bonds. The van der Waals surface area contributed by atoms with Crippen LogP contribution >= 0.6 is 0 Å². The van der Waals surface area contributed by atoms with Crippen LogP contribution in [0.3, 0.4) is 0 Å². The summed E-state index contributed by atoms with van der Waals surface area (Å²) < 4.78 is 16.2. The van der Waals surface area contributed by atoms with Crippen LogP contribution in [0.2, 0.25) is 0 Å². The van der Waals surface area contributed by atoms with Gasteiger partial charge in [-0.05, 0) is 110 Å². The van der Waals surface area contributed by atoms with Gasteiger partial charge in [-0.1, -0.05) is 29.8 Å². The molecule has 0 fully saturated rings. The monoisotopic (exact) mass is 1370 g/mol. The van der Waals surface area contributed by atoms with Crippen molar-refractivity contribution in [2.45, 2.75) is 119 Å². The van der Waals surface area contributed by atoms with Crippen molar-refractivity contribution in [1.29, 1.82) is 0 Å². The van der Waals surface area contributed by atoms with E-state index in [2.05, 4.69) is 61.5 Å².